The van der Waals surface area contributed by atoms with Gasteiger partial charge in [0.15, 0.2) is 5.82 Å². The summed E-state index contributed by atoms with van der Waals surface area (Å²) in [6, 6.07) is 1.45. The highest BCUT2D eigenvalue weighted by Crippen LogP contribution is 2.27. The van der Waals surface area contributed by atoms with Crippen molar-refractivity contribution < 1.29 is 23.7 Å². The molecule has 0 aliphatic carbocycles. The molecular formula is C11H9FN4O5. The van der Waals surface area contributed by atoms with Crippen molar-refractivity contribution >= 4 is 17.3 Å². The van der Waals surface area contributed by atoms with Crippen LogP contribution in [0, 0.1) is 15.9 Å². The number of carboxylic acid groups (broad SMARTS) is 1. The molecule has 0 spiro atoms. The number of benzene rings is 1. The SMILES string of the molecule is O=C(O)c1cc([N+](=O)[O-])c(NCCc2ncon2)cc1F. The zero-order valence-electron chi connectivity index (χ0n) is 10.4. The van der Waals surface area contributed by atoms with E-state index in [2.05, 4.69) is 20.0 Å². The molecule has 0 unspecified atom stereocenters. The smallest absolute Gasteiger partial charge is 0.338 e. The van der Waals surface area contributed by atoms with Gasteiger partial charge in [-0.15, -0.1) is 0 Å². The summed E-state index contributed by atoms with van der Waals surface area (Å²) in [5, 5.41) is 25.9. The fraction of sp³-hybridized carbons (Fsp3) is 0.182. The molecule has 2 N–H and O–H groups in total. The van der Waals surface area contributed by atoms with Crippen molar-refractivity contribution in [3.8, 4) is 0 Å². The lowest BCUT2D eigenvalue weighted by molar-refractivity contribution is -0.384. The van der Waals surface area contributed by atoms with Gasteiger partial charge in [0.2, 0.25) is 6.39 Å². The van der Waals surface area contributed by atoms with Crippen LogP contribution in [0.15, 0.2) is 23.0 Å². The number of halogens is 1. The Hall–Kier alpha value is -3.04. The van der Waals surface area contributed by atoms with Gasteiger partial charge in [0, 0.05) is 25.1 Å². The maximum absolute atomic E-state index is 13.6. The van der Waals surface area contributed by atoms with Crippen LogP contribution >= 0.6 is 0 Å². The van der Waals surface area contributed by atoms with Crippen LogP contribution in [0.4, 0.5) is 15.8 Å². The van der Waals surface area contributed by atoms with Gasteiger partial charge in [0.25, 0.3) is 5.69 Å². The van der Waals surface area contributed by atoms with Crippen molar-refractivity contribution in [1.82, 2.24) is 10.1 Å². The Labute approximate surface area is 116 Å². The zero-order valence-corrected chi connectivity index (χ0v) is 10.4. The summed E-state index contributed by atoms with van der Waals surface area (Å²) in [6.45, 7) is 0.187. The number of aromatic nitrogens is 2. The van der Waals surface area contributed by atoms with Crippen molar-refractivity contribution in [3.05, 3.63) is 45.8 Å². The van der Waals surface area contributed by atoms with E-state index in [1.165, 1.54) is 0 Å². The minimum Gasteiger partial charge on any atom is -0.478 e. The number of nitrogens with one attached hydrogen (secondary N) is 1. The minimum atomic E-state index is -1.58. The summed E-state index contributed by atoms with van der Waals surface area (Å²) in [7, 11) is 0. The van der Waals surface area contributed by atoms with E-state index in [1.807, 2.05) is 0 Å². The molecule has 2 rings (SSSR count). The number of nitro groups is 1. The van der Waals surface area contributed by atoms with Crippen LogP contribution in [0.2, 0.25) is 0 Å². The molecule has 0 amide bonds. The number of rotatable bonds is 6. The molecule has 2 aromatic rings. The van der Waals surface area contributed by atoms with Gasteiger partial charge in [-0.3, -0.25) is 10.1 Å². The van der Waals surface area contributed by atoms with Crippen LogP contribution in [0.5, 0.6) is 0 Å². The normalized spacial score (nSPS) is 10.3. The number of nitrogens with zero attached hydrogens (tertiary/aromatic N) is 3. The lowest BCUT2D eigenvalue weighted by atomic mass is 10.1. The van der Waals surface area contributed by atoms with Crippen LogP contribution in [0.1, 0.15) is 16.2 Å². The Bertz CT molecular complexity index is 674. The highest BCUT2D eigenvalue weighted by atomic mass is 19.1. The summed E-state index contributed by atoms with van der Waals surface area (Å²) in [5.74, 6) is -2.25. The average Bonchev–Trinajstić information content (AvgIpc) is 2.91. The number of carbonyl (C=O) groups is 1. The quantitative estimate of drug-likeness (QED) is 0.605. The van der Waals surface area contributed by atoms with Gasteiger partial charge in [-0.1, -0.05) is 5.16 Å². The second kappa shape index (κ2) is 5.94. The van der Waals surface area contributed by atoms with Crippen molar-refractivity contribution in [2.75, 3.05) is 11.9 Å². The predicted octanol–water partition coefficient (Wildman–Crippen LogP) is 1.47. The molecule has 9 nitrogen and oxygen atoms in total. The fourth-order valence-electron chi connectivity index (χ4n) is 1.63. The van der Waals surface area contributed by atoms with E-state index >= 15 is 0 Å². The van der Waals surface area contributed by atoms with E-state index in [0.717, 1.165) is 12.5 Å². The van der Waals surface area contributed by atoms with Crippen molar-refractivity contribution in [2.45, 2.75) is 6.42 Å². The number of nitro benzene ring substituents is 1. The van der Waals surface area contributed by atoms with Gasteiger partial charge in [0.1, 0.15) is 17.1 Å². The molecular weight excluding hydrogens is 287 g/mol. The number of hydrogen-bond acceptors (Lipinski definition) is 7. The van der Waals surface area contributed by atoms with Gasteiger partial charge < -0.3 is 14.9 Å². The summed E-state index contributed by atoms with van der Waals surface area (Å²) in [4.78, 5) is 24.6. The van der Waals surface area contributed by atoms with Gasteiger partial charge in [-0.2, -0.15) is 4.98 Å². The number of anilines is 1. The molecule has 0 aliphatic rings. The zero-order chi connectivity index (χ0) is 15.4. The second-order valence-electron chi connectivity index (χ2n) is 3.94. The van der Waals surface area contributed by atoms with Crippen LogP contribution < -0.4 is 5.32 Å². The fourth-order valence-corrected chi connectivity index (χ4v) is 1.63. The maximum Gasteiger partial charge on any atom is 0.338 e. The number of carboxylic acids is 1. The summed E-state index contributed by atoms with van der Waals surface area (Å²) < 4.78 is 18.1. The first-order valence-corrected chi connectivity index (χ1v) is 5.69. The first-order valence-electron chi connectivity index (χ1n) is 5.69. The molecule has 1 aromatic heterocycles. The standard InChI is InChI=1S/C11H9FN4O5/c12-7-4-8(13-2-1-10-14-5-21-15-10)9(16(19)20)3-6(7)11(17)18/h3-5,13H,1-2H2,(H,17,18). The van der Waals surface area contributed by atoms with Gasteiger partial charge in [-0.05, 0) is 0 Å². The van der Waals surface area contributed by atoms with Crippen LogP contribution in [0.25, 0.3) is 0 Å². The van der Waals surface area contributed by atoms with E-state index in [1.54, 1.807) is 0 Å². The Morgan fingerprint density at radius 2 is 2.29 bits per heavy atom. The lowest BCUT2D eigenvalue weighted by Gasteiger charge is -2.07. The molecule has 0 radical (unpaired) electrons. The van der Waals surface area contributed by atoms with Crippen molar-refractivity contribution in [1.29, 1.82) is 0 Å². The first kappa shape index (κ1) is 14.4. The van der Waals surface area contributed by atoms with E-state index in [0.29, 0.717) is 18.3 Å². The Kier molecular flexibility index (Phi) is 4.07. The largest absolute Gasteiger partial charge is 0.478 e. The van der Waals surface area contributed by atoms with Gasteiger partial charge in [0.05, 0.1) is 4.92 Å². The summed E-state index contributed by atoms with van der Waals surface area (Å²) in [5.41, 5.74) is -1.40. The monoisotopic (exact) mass is 296 g/mol. The van der Waals surface area contributed by atoms with Crippen molar-refractivity contribution in [3.63, 3.8) is 0 Å². The first-order chi connectivity index (χ1) is 9.99. The Morgan fingerprint density at radius 1 is 1.52 bits per heavy atom. The summed E-state index contributed by atoms with van der Waals surface area (Å²) >= 11 is 0. The minimum absolute atomic E-state index is 0.119. The van der Waals surface area contributed by atoms with Crippen LogP contribution in [-0.2, 0) is 6.42 Å². The third kappa shape index (κ3) is 3.29. The van der Waals surface area contributed by atoms with E-state index < -0.39 is 28.0 Å². The molecule has 21 heavy (non-hydrogen) atoms. The molecule has 110 valence electrons. The molecule has 0 fully saturated rings. The Morgan fingerprint density at radius 3 is 2.86 bits per heavy atom. The van der Waals surface area contributed by atoms with E-state index in [-0.39, 0.29) is 12.2 Å². The molecule has 1 aromatic carbocycles. The van der Waals surface area contributed by atoms with Gasteiger partial charge in [-0.25, -0.2) is 9.18 Å². The highest BCUT2D eigenvalue weighted by Gasteiger charge is 2.21. The van der Waals surface area contributed by atoms with Crippen molar-refractivity contribution in [2.24, 2.45) is 0 Å². The van der Waals surface area contributed by atoms with Crippen LogP contribution in [0.3, 0.4) is 0 Å². The Balaban J connectivity index is 2.19. The van der Waals surface area contributed by atoms with E-state index in [9.17, 15) is 19.3 Å². The summed E-state index contributed by atoms with van der Waals surface area (Å²) in [6.07, 6.45) is 1.44. The average molecular weight is 296 g/mol. The molecule has 0 saturated carbocycles. The van der Waals surface area contributed by atoms with Gasteiger partial charge >= 0.3 is 5.97 Å². The highest BCUT2D eigenvalue weighted by molar-refractivity contribution is 5.90. The van der Waals surface area contributed by atoms with Crippen LogP contribution in [-0.4, -0.2) is 32.7 Å². The lowest BCUT2D eigenvalue weighted by Crippen LogP contribution is -2.10. The number of aromatic carboxylic acids is 1. The van der Waals surface area contributed by atoms with E-state index in [4.69, 9.17) is 5.11 Å². The third-order valence-corrected chi connectivity index (χ3v) is 2.58. The predicted molar refractivity (Wildman–Crippen MR) is 66.5 cm³/mol. The number of hydrogen-bond donors (Lipinski definition) is 2. The second-order valence-corrected chi connectivity index (χ2v) is 3.94. The molecule has 0 aliphatic heterocycles. The molecule has 0 saturated heterocycles. The molecule has 0 atom stereocenters. The maximum atomic E-state index is 13.6. The topological polar surface area (TPSA) is 131 Å². The molecule has 10 heteroatoms. The third-order valence-electron chi connectivity index (χ3n) is 2.58. The molecule has 1 heterocycles. The molecule has 0 bridgehead atoms.